The number of aryl methyl sites for hydroxylation is 1. The van der Waals surface area contributed by atoms with Gasteiger partial charge in [0.1, 0.15) is 0 Å². The molecule has 5 heteroatoms. The maximum atomic E-state index is 5.42. The first kappa shape index (κ1) is 10.1. The smallest absolute Gasteiger partial charge is 0.0769 e. The molecule has 13 heavy (non-hydrogen) atoms. The molecule has 0 aromatic carbocycles. The number of nitrogens with two attached hydrogens (primary N) is 1. The summed E-state index contributed by atoms with van der Waals surface area (Å²) in [6.45, 7) is 5.09. The van der Waals surface area contributed by atoms with Gasteiger partial charge in [-0.2, -0.15) is 0 Å². The van der Waals surface area contributed by atoms with Crippen LogP contribution in [0.2, 0.25) is 0 Å². The van der Waals surface area contributed by atoms with E-state index >= 15 is 0 Å². The maximum Gasteiger partial charge on any atom is 0.0769 e. The number of nitrogens with zero attached hydrogens (tertiary/aromatic N) is 3. The average molecular weight is 183 g/mol. The lowest BCUT2D eigenvalue weighted by atomic mass is 10.2. The molecule has 0 saturated heterocycles. The van der Waals surface area contributed by atoms with E-state index in [1.165, 1.54) is 0 Å². The molecule has 3 N–H and O–H groups in total. The highest BCUT2D eigenvalue weighted by atomic mass is 15.4. The SMILES string of the molecule is CCCn1nncc1C(CC)NN. The molecule has 1 aromatic heterocycles. The zero-order valence-electron chi connectivity index (χ0n) is 8.20. The van der Waals surface area contributed by atoms with E-state index in [2.05, 4.69) is 29.6 Å². The van der Waals surface area contributed by atoms with Crippen LogP contribution in [0.3, 0.4) is 0 Å². The minimum absolute atomic E-state index is 0.154. The van der Waals surface area contributed by atoms with Crippen LogP contribution in [0, 0.1) is 0 Å². The molecule has 0 spiro atoms. The van der Waals surface area contributed by atoms with Crippen molar-refractivity contribution >= 4 is 0 Å². The molecule has 1 heterocycles. The highest BCUT2D eigenvalue weighted by Gasteiger charge is 2.12. The maximum absolute atomic E-state index is 5.42. The van der Waals surface area contributed by atoms with Gasteiger partial charge in [-0.15, -0.1) is 5.10 Å². The zero-order chi connectivity index (χ0) is 9.68. The molecule has 1 unspecified atom stereocenters. The Balaban J connectivity index is 2.78. The molecule has 0 aliphatic rings. The van der Waals surface area contributed by atoms with Crippen LogP contribution in [0.25, 0.3) is 0 Å². The lowest BCUT2D eigenvalue weighted by Gasteiger charge is -2.13. The number of hydrogen-bond donors (Lipinski definition) is 2. The van der Waals surface area contributed by atoms with Gasteiger partial charge >= 0.3 is 0 Å². The summed E-state index contributed by atoms with van der Waals surface area (Å²) in [5, 5.41) is 7.87. The first-order valence-corrected chi connectivity index (χ1v) is 4.68. The predicted octanol–water partition coefficient (Wildman–Crippen LogP) is 0.603. The number of nitrogens with one attached hydrogen (secondary N) is 1. The van der Waals surface area contributed by atoms with E-state index in [0.717, 1.165) is 25.1 Å². The summed E-state index contributed by atoms with van der Waals surface area (Å²) in [6, 6.07) is 0.154. The van der Waals surface area contributed by atoms with Crippen LogP contribution < -0.4 is 11.3 Å². The van der Waals surface area contributed by atoms with Crippen LogP contribution in [0.5, 0.6) is 0 Å². The van der Waals surface area contributed by atoms with Gasteiger partial charge in [0.25, 0.3) is 0 Å². The second-order valence-corrected chi connectivity index (χ2v) is 3.01. The molecular formula is C8H17N5. The van der Waals surface area contributed by atoms with Crippen molar-refractivity contribution < 1.29 is 0 Å². The fourth-order valence-electron chi connectivity index (χ4n) is 1.33. The third-order valence-corrected chi connectivity index (χ3v) is 2.05. The van der Waals surface area contributed by atoms with E-state index in [4.69, 9.17) is 5.84 Å². The molecule has 5 nitrogen and oxygen atoms in total. The molecule has 1 rings (SSSR count). The Morgan fingerprint density at radius 1 is 1.62 bits per heavy atom. The number of hydrogen-bond acceptors (Lipinski definition) is 4. The minimum atomic E-state index is 0.154. The fourth-order valence-corrected chi connectivity index (χ4v) is 1.33. The van der Waals surface area contributed by atoms with Gasteiger partial charge in [-0.05, 0) is 12.8 Å². The summed E-state index contributed by atoms with van der Waals surface area (Å²) >= 11 is 0. The van der Waals surface area contributed by atoms with E-state index < -0.39 is 0 Å². The topological polar surface area (TPSA) is 68.8 Å². The van der Waals surface area contributed by atoms with Crippen LogP contribution in [0.4, 0.5) is 0 Å². The standard InChI is InChI=1S/C8H17N5/c1-3-5-13-8(6-10-12-13)7(4-2)11-9/h6-7,11H,3-5,9H2,1-2H3. The summed E-state index contributed by atoms with van der Waals surface area (Å²) in [6.07, 6.45) is 3.76. The molecule has 0 aliphatic heterocycles. The zero-order valence-corrected chi connectivity index (χ0v) is 8.20. The molecule has 1 aromatic rings. The summed E-state index contributed by atoms with van der Waals surface area (Å²) in [4.78, 5) is 0. The van der Waals surface area contributed by atoms with E-state index in [9.17, 15) is 0 Å². The van der Waals surface area contributed by atoms with Gasteiger partial charge in [-0.1, -0.05) is 19.1 Å². The Morgan fingerprint density at radius 2 is 2.38 bits per heavy atom. The van der Waals surface area contributed by atoms with Crippen molar-refractivity contribution in [2.24, 2.45) is 5.84 Å². The molecule has 0 aliphatic carbocycles. The van der Waals surface area contributed by atoms with Gasteiger partial charge in [0.2, 0.25) is 0 Å². The van der Waals surface area contributed by atoms with E-state index in [0.29, 0.717) is 0 Å². The summed E-state index contributed by atoms with van der Waals surface area (Å²) in [7, 11) is 0. The Hall–Kier alpha value is -0.940. The highest BCUT2D eigenvalue weighted by Crippen LogP contribution is 2.13. The normalized spacial score (nSPS) is 13.2. The van der Waals surface area contributed by atoms with Crippen LogP contribution in [-0.2, 0) is 6.54 Å². The largest absolute Gasteiger partial charge is 0.271 e. The molecule has 0 saturated carbocycles. The van der Waals surface area contributed by atoms with Crippen LogP contribution in [-0.4, -0.2) is 15.0 Å². The molecule has 1 atom stereocenters. The molecular weight excluding hydrogens is 166 g/mol. The Labute approximate surface area is 78.3 Å². The Kier molecular flexibility index (Phi) is 3.85. The van der Waals surface area contributed by atoms with Crippen molar-refractivity contribution in [3.8, 4) is 0 Å². The van der Waals surface area contributed by atoms with Crippen molar-refractivity contribution in [3.05, 3.63) is 11.9 Å². The van der Waals surface area contributed by atoms with Crippen molar-refractivity contribution in [3.63, 3.8) is 0 Å². The fraction of sp³-hybridized carbons (Fsp3) is 0.750. The second kappa shape index (κ2) is 4.94. The Bertz CT molecular complexity index is 240. The van der Waals surface area contributed by atoms with Crippen molar-refractivity contribution in [2.45, 2.75) is 39.3 Å². The molecule has 0 bridgehead atoms. The monoisotopic (exact) mass is 183 g/mol. The quantitative estimate of drug-likeness (QED) is 0.518. The van der Waals surface area contributed by atoms with Crippen LogP contribution in [0.15, 0.2) is 6.20 Å². The van der Waals surface area contributed by atoms with Gasteiger partial charge in [-0.25, -0.2) is 4.68 Å². The second-order valence-electron chi connectivity index (χ2n) is 3.01. The first-order valence-electron chi connectivity index (χ1n) is 4.68. The van der Waals surface area contributed by atoms with Crippen molar-refractivity contribution in [1.82, 2.24) is 20.4 Å². The minimum Gasteiger partial charge on any atom is -0.271 e. The van der Waals surface area contributed by atoms with Gasteiger partial charge in [0.05, 0.1) is 17.9 Å². The van der Waals surface area contributed by atoms with Crippen molar-refractivity contribution in [2.75, 3.05) is 0 Å². The van der Waals surface area contributed by atoms with Gasteiger partial charge in [-0.3, -0.25) is 11.3 Å². The van der Waals surface area contributed by atoms with Crippen LogP contribution >= 0.6 is 0 Å². The van der Waals surface area contributed by atoms with E-state index in [1.54, 1.807) is 6.20 Å². The number of hydrazine groups is 1. The molecule has 0 radical (unpaired) electrons. The van der Waals surface area contributed by atoms with Gasteiger partial charge in [0, 0.05) is 6.54 Å². The lowest BCUT2D eigenvalue weighted by Crippen LogP contribution is -2.29. The third-order valence-electron chi connectivity index (χ3n) is 2.05. The average Bonchev–Trinajstić information content (AvgIpc) is 2.57. The lowest BCUT2D eigenvalue weighted by molar-refractivity contribution is 0.467. The van der Waals surface area contributed by atoms with Gasteiger partial charge < -0.3 is 0 Å². The van der Waals surface area contributed by atoms with Crippen molar-refractivity contribution in [1.29, 1.82) is 0 Å². The molecule has 0 amide bonds. The first-order chi connectivity index (χ1) is 6.33. The third kappa shape index (κ3) is 2.26. The highest BCUT2D eigenvalue weighted by molar-refractivity contribution is 5.01. The summed E-state index contributed by atoms with van der Waals surface area (Å²) in [5.74, 6) is 5.42. The van der Waals surface area contributed by atoms with Crippen LogP contribution in [0.1, 0.15) is 38.4 Å². The Morgan fingerprint density at radius 3 is 2.92 bits per heavy atom. The van der Waals surface area contributed by atoms with Gasteiger partial charge in [0.15, 0.2) is 0 Å². The number of aromatic nitrogens is 3. The predicted molar refractivity (Wildman–Crippen MR) is 50.7 cm³/mol. The molecule has 74 valence electrons. The number of rotatable bonds is 5. The van der Waals surface area contributed by atoms with E-state index in [1.807, 2.05) is 4.68 Å². The molecule has 0 fully saturated rings. The van der Waals surface area contributed by atoms with E-state index in [-0.39, 0.29) is 6.04 Å². The summed E-state index contributed by atoms with van der Waals surface area (Å²) in [5.41, 5.74) is 3.81. The summed E-state index contributed by atoms with van der Waals surface area (Å²) < 4.78 is 1.90.